The lowest BCUT2D eigenvalue weighted by Crippen LogP contribution is -2.62. The number of carboxylic acids is 1. The van der Waals surface area contributed by atoms with Crippen molar-refractivity contribution in [3.8, 4) is 11.5 Å². The molecule has 36 nitrogen and oxygen atoms in total. The minimum atomic E-state index is -1.97. The molecular weight excluding hydrogens is 1800 g/mol. The maximum atomic E-state index is 15.8. The van der Waals surface area contributed by atoms with Crippen LogP contribution in [0.5, 0.6) is 11.5 Å². The second-order valence-electron chi connectivity index (χ2n) is 35.5. The van der Waals surface area contributed by atoms with Crippen molar-refractivity contribution < 1.29 is 110 Å². The number of nitrogens with one attached hydrogen (secondary N) is 10. The molecule has 40 heteroatoms. The van der Waals surface area contributed by atoms with Gasteiger partial charge in [0.2, 0.25) is 88.6 Å². The summed E-state index contributed by atoms with van der Waals surface area (Å²) in [5.41, 5.74) is 7.75. The summed E-state index contributed by atoms with van der Waals surface area (Å²) in [6.45, 7) is 6.84. The summed E-state index contributed by atoms with van der Waals surface area (Å²) >= 11 is 0.665. The van der Waals surface area contributed by atoms with Crippen molar-refractivity contribution in [1.29, 1.82) is 0 Å². The Morgan fingerprint density at radius 1 is 0.518 bits per heavy atom. The first-order valence-corrected chi connectivity index (χ1v) is 46.5. The van der Waals surface area contributed by atoms with Gasteiger partial charge >= 0.3 is 5.97 Å². The third-order valence-electron chi connectivity index (χ3n) is 24.4. The van der Waals surface area contributed by atoms with E-state index in [1.807, 2.05) is 0 Å². The van der Waals surface area contributed by atoms with E-state index in [9.17, 15) is 53.6 Å². The number of unbranched alkanes of at least 4 members (excludes halogenated alkanes) is 1. The van der Waals surface area contributed by atoms with E-state index in [0.717, 1.165) is 19.6 Å². The molecule has 6 aromatic carbocycles. The van der Waals surface area contributed by atoms with Crippen LogP contribution in [-0.2, 0) is 115 Å². The van der Waals surface area contributed by atoms with Crippen LogP contribution in [0.15, 0.2) is 152 Å². The fourth-order valence-electron chi connectivity index (χ4n) is 17.0. The lowest BCUT2D eigenvalue weighted by molar-refractivity contribution is -0.152. The number of hydrogen-bond acceptors (Lipinski definition) is 20. The number of thioether (sulfide) groups is 1. The zero-order valence-corrected chi connectivity index (χ0v) is 78.1. The number of nitrogens with two attached hydrogens (primary N) is 1. The van der Waals surface area contributed by atoms with Crippen molar-refractivity contribution in [3.63, 3.8) is 0 Å². The zero-order valence-electron chi connectivity index (χ0n) is 77.3. The van der Waals surface area contributed by atoms with Gasteiger partial charge in [0.05, 0.1) is 24.8 Å². The highest BCUT2D eigenvalue weighted by atomic mass is 32.2. The van der Waals surface area contributed by atoms with Gasteiger partial charge in [0.1, 0.15) is 90.0 Å². The first-order chi connectivity index (χ1) is 65.2. The molecule has 16 N–H and O–H groups in total. The van der Waals surface area contributed by atoms with Gasteiger partial charge in [-0.2, -0.15) is 0 Å². The number of aromatic nitrogens is 1. The second kappa shape index (κ2) is 49.0. The number of aromatic hydroxyl groups is 2. The largest absolute Gasteiger partial charge is 0.508 e. The van der Waals surface area contributed by atoms with Gasteiger partial charge in [0.15, 0.2) is 17.5 Å². The number of halogens is 3. The van der Waals surface area contributed by atoms with Gasteiger partial charge < -0.3 is 103 Å². The number of primary amides is 1. The number of carboxylic acid groups (broad SMARTS) is 1. The summed E-state index contributed by atoms with van der Waals surface area (Å²) in [7, 11) is 3.73. The number of phenols is 2. The first kappa shape index (κ1) is 105. The van der Waals surface area contributed by atoms with Crippen LogP contribution in [0.25, 0.3) is 10.9 Å². The molecule has 3 aliphatic heterocycles. The average Bonchev–Trinajstić information content (AvgIpc) is 1.73. The van der Waals surface area contributed by atoms with Gasteiger partial charge in [-0.15, -0.1) is 11.8 Å². The molecule has 137 heavy (non-hydrogen) atoms. The molecule has 7 aromatic rings. The van der Waals surface area contributed by atoms with Gasteiger partial charge in [-0.25, -0.2) is 13.2 Å². The number of aliphatic hydroxyl groups is 1. The van der Waals surface area contributed by atoms with E-state index < -0.39 is 252 Å². The summed E-state index contributed by atoms with van der Waals surface area (Å²) in [5.74, 6) is -24.8. The molecule has 15 amide bonds. The molecule has 1 aromatic heterocycles. The van der Waals surface area contributed by atoms with E-state index in [1.165, 1.54) is 88.4 Å². The standard InChI is InChI=1S/C97H119F3N16O20S/c1-9-10-26-76-96(135)115-36-19-27-75(115)90(129)108-71(47-82(122)123)89(128)111-84(54(4)5)97(136)113(7)77(43-55-20-13-11-14-21-55)91(130)109-73(41-58-30-34-62(118)35-31-58)94(133)116-50-63(119)46-78(116)92(131)107-70(45-60-48-102-67-25-18-17-24-64(60)67)88(127)106-69(40-57-28-32-61(117)33-29-57)87(126)105-68(37-53(2)3)86(125)110-74(85(124)103-49-80(101)120)51-137-52-81(121)104-72(42-59-38-65(98)83(100)66(99)39-59)93(132)114(8)79(95(134)112(76)6)44-56-22-15-12-16-23-56/h11-18,20-25,28-35,38-39,48,53-54,63,68-79,84,102,117-119H,9-10,19,26-27,36-37,40-47,49-52H2,1-8H3,(H2,101,120)(H,103,124)(H,104,121)(H,105,126)(H,106,127)(H,107,131)(H,108,129)(H,109,130)(H,110,125)(H,111,128)(H,122,123)/t63-,68-,69-,70-,71-,72-,73-,74-,75+,76+,77+,78+,79-,84-/m0/s1. The number of nitrogens with zero attached hydrogens (tertiary/aromatic N) is 5. The van der Waals surface area contributed by atoms with Crippen LogP contribution in [0.1, 0.15) is 119 Å². The van der Waals surface area contributed by atoms with Crippen molar-refractivity contribution in [2.75, 3.05) is 52.3 Å². The number of para-hydroxylation sites is 1. The Kier molecular flexibility index (Phi) is 37.6. The first-order valence-electron chi connectivity index (χ1n) is 45.4. The van der Waals surface area contributed by atoms with Crippen LogP contribution in [-0.4, -0.2) is 281 Å². The Bertz CT molecular complexity index is 5490. The van der Waals surface area contributed by atoms with Crippen molar-refractivity contribution in [2.24, 2.45) is 17.6 Å². The highest BCUT2D eigenvalue weighted by Gasteiger charge is 2.48. The van der Waals surface area contributed by atoms with E-state index in [1.54, 1.807) is 112 Å². The maximum absolute atomic E-state index is 15.8. The average molecular weight is 1920 g/mol. The van der Waals surface area contributed by atoms with Crippen LogP contribution < -0.4 is 53.6 Å². The number of carbonyl (C=O) groups is 16. The van der Waals surface area contributed by atoms with E-state index in [4.69, 9.17) is 5.73 Å². The van der Waals surface area contributed by atoms with E-state index in [0.29, 0.717) is 69.0 Å². The number of rotatable bonds is 23. The van der Waals surface area contributed by atoms with Crippen molar-refractivity contribution >= 4 is 117 Å². The number of amides is 15. The van der Waals surface area contributed by atoms with Crippen LogP contribution in [0.2, 0.25) is 0 Å². The van der Waals surface area contributed by atoms with Gasteiger partial charge in [0.25, 0.3) is 0 Å². The molecule has 0 saturated carbocycles. The molecular formula is C97H119F3N16O20S. The molecule has 3 saturated heterocycles. The number of fused-ring (bicyclic) bond motifs is 3. The molecule has 3 fully saturated rings. The Hall–Kier alpha value is -13.9. The van der Waals surface area contributed by atoms with Gasteiger partial charge in [0, 0.05) is 102 Å². The number of likely N-dealkylation sites (N-methyl/N-ethyl adjacent to an activating group) is 3. The Labute approximate surface area is 794 Å². The van der Waals surface area contributed by atoms with Gasteiger partial charge in [-0.3, -0.25) is 76.7 Å². The fourth-order valence-corrected chi connectivity index (χ4v) is 17.9. The SMILES string of the molecule is CCCC[C@@H]1C(=O)N2CCC[C@@H]2C(=O)N[C@@H](CC(=O)O)C(=O)N[C@@H](C(C)C)C(=O)N(C)[C@H](Cc2ccccc2)C(=O)N[C@@H](Cc2ccc(O)cc2)C(=O)N2C[C@@H](O)C[C@@H]2C(=O)N[C@@H](Cc2c[nH]c3ccccc23)C(=O)N[C@@H](Cc2ccc(O)cc2)C(=O)N[C@@H](CC(C)C)C(=O)N[C@H](C(=O)NCC(N)=O)CSCC(=O)N[C@@H](Cc2cc(F)c(F)c(F)c2)C(=O)N(C)[C@@H](Cc2ccccc2)C(=O)N1C. The highest BCUT2D eigenvalue weighted by Crippen LogP contribution is 2.29. The number of carbonyl (C=O) groups excluding carboxylic acids is 15. The van der Waals surface area contributed by atoms with Gasteiger partial charge in [-0.05, 0) is 113 Å². The molecule has 0 radical (unpaired) electrons. The minimum absolute atomic E-state index is 0.0542. The van der Waals surface area contributed by atoms with Crippen molar-refractivity contribution in [3.05, 3.63) is 203 Å². The van der Waals surface area contributed by atoms with Crippen LogP contribution in [0.3, 0.4) is 0 Å². The number of hydrogen-bond donors (Lipinski definition) is 15. The molecule has 4 heterocycles. The summed E-state index contributed by atoms with van der Waals surface area (Å²) < 4.78 is 45.1. The summed E-state index contributed by atoms with van der Waals surface area (Å²) in [6, 6.07) is 14.2. The Morgan fingerprint density at radius 2 is 1.02 bits per heavy atom. The maximum Gasteiger partial charge on any atom is 0.305 e. The fraction of sp³-hybridized carbons (Fsp3) is 0.443. The van der Waals surface area contributed by atoms with Gasteiger partial charge in [-0.1, -0.05) is 151 Å². The summed E-state index contributed by atoms with van der Waals surface area (Å²) in [4.78, 5) is 247. The number of aliphatic carboxylic acids is 1. The third-order valence-corrected chi connectivity index (χ3v) is 25.5. The summed E-state index contributed by atoms with van der Waals surface area (Å²) in [5, 5.41) is 67.2. The summed E-state index contributed by atoms with van der Waals surface area (Å²) in [6.07, 6.45) is -3.20. The predicted octanol–water partition coefficient (Wildman–Crippen LogP) is 2.78. The minimum Gasteiger partial charge on any atom is -0.508 e. The molecule has 0 spiro atoms. The predicted molar refractivity (Wildman–Crippen MR) is 498 cm³/mol. The third kappa shape index (κ3) is 28.8. The molecule has 14 atom stereocenters. The number of benzene rings is 6. The second-order valence-corrected chi connectivity index (χ2v) is 36.6. The van der Waals surface area contributed by atoms with Crippen LogP contribution >= 0.6 is 11.8 Å². The topological polar surface area (TPSA) is 520 Å². The Balaban J connectivity index is 1.06. The highest BCUT2D eigenvalue weighted by molar-refractivity contribution is 8.00. The molecule has 10 rings (SSSR count). The molecule has 0 bridgehead atoms. The van der Waals surface area contributed by atoms with Crippen molar-refractivity contribution in [2.45, 2.75) is 209 Å². The van der Waals surface area contributed by atoms with E-state index in [-0.39, 0.29) is 87.8 Å². The molecule has 0 unspecified atom stereocenters. The number of H-pyrrole nitrogens is 1. The van der Waals surface area contributed by atoms with E-state index >= 15 is 56.7 Å². The zero-order chi connectivity index (χ0) is 99.8. The quantitative estimate of drug-likeness (QED) is 0.0409. The number of aliphatic hydroxyl groups excluding tert-OH is 1. The van der Waals surface area contributed by atoms with Crippen LogP contribution in [0, 0.1) is 29.3 Å². The van der Waals surface area contributed by atoms with E-state index in [2.05, 4.69) is 52.8 Å². The molecule has 0 aliphatic carbocycles. The smallest absolute Gasteiger partial charge is 0.305 e. The lowest BCUT2D eigenvalue weighted by atomic mass is 9.98. The molecule has 734 valence electrons. The Morgan fingerprint density at radius 3 is 1.61 bits per heavy atom. The lowest BCUT2D eigenvalue weighted by Gasteiger charge is -2.38. The van der Waals surface area contributed by atoms with Crippen LogP contribution in [0.4, 0.5) is 13.2 Å². The molecule has 3 aliphatic rings. The van der Waals surface area contributed by atoms with Crippen molar-refractivity contribution in [1.82, 2.24) is 77.3 Å². The number of aromatic amines is 1. The monoisotopic (exact) mass is 1920 g/mol. The normalized spacial score (nSPS) is 23.8. The number of phenolic OH excluding ortho intramolecular Hbond substituents is 2.